The summed E-state index contributed by atoms with van der Waals surface area (Å²) < 4.78 is 44.1. The summed E-state index contributed by atoms with van der Waals surface area (Å²) in [6, 6.07) is 3.69. The van der Waals surface area contributed by atoms with Gasteiger partial charge in [-0.25, -0.2) is 0 Å². The Bertz CT molecular complexity index is 513. The molecule has 2 aromatic rings. The first-order valence-corrected chi connectivity index (χ1v) is 4.65. The van der Waals surface area contributed by atoms with Crippen LogP contribution in [0.3, 0.4) is 0 Å². The van der Waals surface area contributed by atoms with Crippen LogP contribution in [0.25, 0.3) is 11.4 Å². The van der Waals surface area contributed by atoms with Crippen LogP contribution in [-0.4, -0.2) is 16.5 Å². The third-order valence-corrected chi connectivity index (χ3v) is 2.07. The standard InChI is InChI=1S/C9H4ClF3N2O2/c10-6-3-5(8-14-4-16-15-8)1-2-7(6)17-9(11,12)13/h1-4H. The predicted molar refractivity (Wildman–Crippen MR) is 51.4 cm³/mol. The summed E-state index contributed by atoms with van der Waals surface area (Å²) in [6.45, 7) is 0. The highest BCUT2D eigenvalue weighted by molar-refractivity contribution is 6.32. The Morgan fingerprint density at radius 2 is 2.06 bits per heavy atom. The Hall–Kier alpha value is -1.76. The van der Waals surface area contributed by atoms with E-state index in [2.05, 4.69) is 19.4 Å². The van der Waals surface area contributed by atoms with Crippen molar-refractivity contribution in [2.24, 2.45) is 0 Å². The van der Waals surface area contributed by atoms with Gasteiger partial charge in [0.05, 0.1) is 5.02 Å². The number of nitrogens with zero attached hydrogens (tertiary/aromatic N) is 2. The quantitative estimate of drug-likeness (QED) is 0.835. The van der Waals surface area contributed by atoms with Gasteiger partial charge in [0.2, 0.25) is 12.2 Å². The molecule has 0 saturated carbocycles. The number of aromatic nitrogens is 2. The van der Waals surface area contributed by atoms with Gasteiger partial charge in [0, 0.05) is 5.56 Å². The summed E-state index contributed by atoms with van der Waals surface area (Å²) in [6.07, 6.45) is -3.68. The van der Waals surface area contributed by atoms with Gasteiger partial charge < -0.3 is 9.26 Å². The van der Waals surface area contributed by atoms with E-state index in [0.29, 0.717) is 5.56 Å². The average Bonchev–Trinajstić information content (AvgIpc) is 2.72. The van der Waals surface area contributed by atoms with Crippen LogP contribution in [-0.2, 0) is 0 Å². The number of ether oxygens (including phenoxy) is 1. The fourth-order valence-electron chi connectivity index (χ4n) is 1.15. The first-order valence-electron chi connectivity index (χ1n) is 4.28. The van der Waals surface area contributed by atoms with Gasteiger partial charge in [0.1, 0.15) is 5.75 Å². The Balaban J connectivity index is 2.29. The number of alkyl halides is 3. The van der Waals surface area contributed by atoms with Gasteiger partial charge in [0.25, 0.3) is 0 Å². The van der Waals surface area contributed by atoms with E-state index < -0.39 is 12.1 Å². The molecule has 0 bridgehead atoms. The molecule has 1 heterocycles. The third-order valence-electron chi connectivity index (χ3n) is 1.78. The molecule has 4 nitrogen and oxygen atoms in total. The molecule has 0 radical (unpaired) electrons. The van der Waals surface area contributed by atoms with E-state index in [9.17, 15) is 13.2 Å². The number of hydrogen-bond donors (Lipinski definition) is 0. The van der Waals surface area contributed by atoms with Crippen molar-refractivity contribution in [2.75, 3.05) is 0 Å². The first kappa shape index (κ1) is 11.7. The Kier molecular flexibility index (Phi) is 2.93. The molecule has 1 aromatic heterocycles. The van der Waals surface area contributed by atoms with Gasteiger partial charge in [-0.3, -0.25) is 0 Å². The molecule has 1 aromatic carbocycles. The Morgan fingerprint density at radius 3 is 2.59 bits per heavy atom. The third kappa shape index (κ3) is 2.88. The first-order chi connectivity index (χ1) is 7.96. The van der Waals surface area contributed by atoms with E-state index in [4.69, 9.17) is 11.6 Å². The topological polar surface area (TPSA) is 48.2 Å². The second-order valence-corrected chi connectivity index (χ2v) is 3.36. The van der Waals surface area contributed by atoms with Crippen molar-refractivity contribution < 1.29 is 22.4 Å². The van der Waals surface area contributed by atoms with Crippen molar-refractivity contribution in [3.63, 3.8) is 0 Å². The number of hydrogen-bond acceptors (Lipinski definition) is 4. The maximum Gasteiger partial charge on any atom is 0.573 e. The maximum atomic E-state index is 12.0. The fourth-order valence-corrected chi connectivity index (χ4v) is 1.36. The Morgan fingerprint density at radius 1 is 1.29 bits per heavy atom. The molecule has 0 fully saturated rings. The molecule has 0 atom stereocenters. The summed E-state index contributed by atoms with van der Waals surface area (Å²) in [5, 5.41) is 3.33. The fraction of sp³-hybridized carbons (Fsp3) is 0.111. The van der Waals surface area contributed by atoms with E-state index in [1.807, 2.05) is 0 Å². The zero-order valence-electron chi connectivity index (χ0n) is 8.03. The van der Waals surface area contributed by atoms with Gasteiger partial charge in [0.15, 0.2) is 0 Å². The van der Waals surface area contributed by atoms with E-state index in [1.54, 1.807) is 0 Å². The molecule has 0 unspecified atom stereocenters. The van der Waals surface area contributed by atoms with Crippen molar-refractivity contribution in [1.29, 1.82) is 0 Å². The summed E-state index contributed by atoms with van der Waals surface area (Å²) >= 11 is 5.64. The molecule has 17 heavy (non-hydrogen) atoms. The normalized spacial score (nSPS) is 11.5. The molecule has 0 aliphatic carbocycles. The summed E-state index contributed by atoms with van der Waals surface area (Å²) in [7, 11) is 0. The SMILES string of the molecule is FC(F)(F)Oc1ccc(-c2ncon2)cc1Cl. The van der Waals surface area contributed by atoms with Crippen molar-refractivity contribution >= 4 is 11.6 Å². The molecule has 2 rings (SSSR count). The molecule has 0 aliphatic heterocycles. The molecule has 90 valence electrons. The van der Waals surface area contributed by atoms with Crippen LogP contribution in [0, 0.1) is 0 Å². The highest BCUT2D eigenvalue weighted by atomic mass is 35.5. The van der Waals surface area contributed by atoms with Gasteiger partial charge in [-0.15, -0.1) is 13.2 Å². The number of halogens is 4. The molecule has 0 amide bonds. The molecule has 8 heteroatoms. The minimum atomic E-state index is -4.78. The molecule has 0 spiro atoms. The van der Waals surface area contributed by atoms with E-state index >= 15 is 0 Å². The summed E-state index contributed by atoms with van der Waals surface area (Å²) in [5.41, 5.74) is 0.429. The van der Waals surface area contributed by atoms with Crippen LogP contribution >= 0.6 is 11.6 Å². The highest BCUT2D eigenvalue weighted by Crippen LogP contribution is 2.32. The van der Waals surface area contributed by atoms with Crippen molar-refractivity contribution in [2.45, 2.75) is 6.36 Å². The predicted octanol–water partition coefficient (Wildman–Crippen LogP) is 3.29. The van der Waals surface area contributed by atoms with Crippen LogP contribution in [0.1, 0.15) is 0 Å². The van der Waals surface area contributed by atoms with Gasteiger partial charge >= 0.3 is 6.36 Å². The second-order valence-electron chi connectivity index (χ2n) is 2.95. The lowest BCUT2D eigenvalue weighted by Crippen LogP contribution is -2.17. The van der Waals surface area contributed by atoms with Crippen LogP contribution in [0.15, 0.2) is 29.1 Å². The lowest BCUT2D eigenvalue weighted by molar-refractivity contribution is -0.274. The van der Waals surface area contributed by atoms with Crippen LogP contribution in [0.4, 0.5) is 13.2 Å². The van der Waals surface area contributed by atoms with Crippen molar-refractivity contribution in [3.8, 4) is 17.1 Å². The largest absolute Gasteiger partial charge is 0.573 e. The zero-order valence-corrected chi connectivity index (χ0v) is 8.79. The number of rotatable bonds is 2. The van der Waals surface area contributed by atoms with Crippen LogP contribution < -0.4 is 4.74 Å². The molecule has 0 N–H and O–H groups in total. The molecular weight excluding hydrogens is 261 g/mol. The van der Waals surface area contributed by atoms with Crippen LogP contribution in [0.2, 0.25) is 5.02 Å². The zero-order chi connectivity index (χ0) is 12.5. The smallest absolute Gasteiger partial charge is 0.404 e. The van der Waals surface area contributed by atoms with Crippen molar-refractivity contribution in [1.82, 2.24) is 10.1 Å². The van der Waals surface area contributed by atoms with E-state index in [-0.39, 0.29) is 10.8 Å². The van der Waals surface area contributed by atoms with Gasteiger partial charge in [-0.05, 0) is 18.2 Å². The van der Waals surface area contributed by atoms with Crippen molar-refractivity contribution in [3.05, 3.63) is 29.6 Å². The number of benzene rings is 1. The summed E-state index contributed by atoms with van der Waals surface area (Å²) in [4.78, 5) is 3.73. The minimum absolute atomic E-state index is 0.190. The molecule has 0 saturated heterocycles. The van der Waals surface area contributed by atoms with E-state index in [0.717, 1.165) is 12.5 Å². The minimum Gasteiger partial charge on any atom is -0.404 e. The Labute approximate surface area is 98.0 Å². The average molecular weight is 265 g/mol. The van der Waals surface area contributed by atoms with E-state index in [1.165, 1.54) is 12.1 Å². The lowest BCUT2D eigenvalue weighted by Gasteiger charge is -2.10. The monoisotopic (exact) mass is 264 g/mol. The van der Waals surface area contributed by atoms with Gasteiger partial charge in [-0.1, -0.05) is 16.8 Å². The highest BCUT2D eigenvalue weighted by Gasteiger charge is 2.32. The molecule has 0 aliphatic rings. The molecular formula is C9H4ClF3N2O2. The lowest BCUT2D eigenvalue weighted by atomic mass is 10.2. The maximum absolute atomic E-state index is 12.0. The van der Waals surface area contributed by atoms with Gasteiger partial charge in [-0.2, -0.15) is 4.98 Å². The van der Waals surface area contributed by atoms with Crippen LogP contribution in [0.5, 0.6) is 5.75 Å². The second kappa shape index (κ2) is 4.25. The summed E-state index contributed by atoms with van der Waals surface area (Å²) in [5.74, 6) is -0.253.